The summed E-state index contributed by atoms with van der Waals surface area (Å²) in [5.74, 6) is 1.74. The summed E-state index contributed by atoms with van der Waals surface area (Å²) in [5, 5.41) is 5.91. The lowest BCUT2D eigenvalue weighted by Crippen LogP contribution is -2.30. The minimum atomic E-state index is -0.243. The molecular formula is C20H24N4O2S. The molecule has 0 bridgehead atoms. The van der Waals surface area contributed by atoms with E-state index in [-0.39, 0.29) is 11.9 Å². The smallest absolute Gasteiger partial charge is 0.249 e. The molecule has 0 saturated heterocycles. The van der Waals surface area contributed by atoms with Gasteiger partial charge >= 0.3 is 0 Å². The van der Waals surface area contributed by atoms with Crippen molar-refractivity contribution in [1.29, 1.82) is 0 Å². The van der Waals surface area contributed by atoms with E-state index >= 15 is 0 Å². The van der Waals surface area contributed by atoms with Crippen LogP contribution >= 0.6 is 11.8 Å². The number of amides is 1. The quantitative estimate of drug-likeness (QED) is 0.592. The van der Waals surface area contributed by atoms with Crippen LogP contribution in [0.5, 0.6) is 0 Å². The Hall–Kier alpha value is -2.41. The van der Waals surface area contributed by atoms with Crippen molar-refractivity contribution in [3.8, 4) is 0 Å². The molecule has 0 aliphatic rings. The fourth-order valence-electron chi connectivity index (χ4n) is 2.83. The summed E-state index contributed by atoms with van der Waals surface area (Å²) in [5.41, 5.74) is 3.42. The monoisotopic (exact) mass is 384 g/mol. The zero-order valence-corrected chi connectivity index (χ0v) is 17.1. The Kier molecular flexibility index (Phi) is 5.79. The van der Waals surface area contributed by atoms with Crippen LogP contribution in [-0.4, -0.2) is 38.7 Å². The van der Waals surface area contributed by atoms with Gasteiger partial charge in [-0.15, -0.1) is 11.8 Å². The average Bonchev–Trinajstić information content (AvgIpc) is 3.07. The van der Waals surface area contributed by atoms with Crippen LogP contribution in [0.3, 0.4) is 0 Å². The molecule has 1 atom stereocenters. The molecule has 0 aliphatic heterocycles. The summed E-state index contributed by atoms with van der Waals surface area (Å²) in [6.07, 6.45) is 0.422. The van der Waals surface area contributed by atoms with Crippen LogP contribution in [0, 0.1) is 20.8 Å². The molecule has 0 radical (unpaired) electrons. The molecule has 2 heterocycles. The van der Waals surface area contributed by atoms with Gasteiger partial charge in [0.1, 0.15) is 6.04 Å². The van der Waals surface area contributed by atoms with E-state index in [0.717, 1.165) is 10.5 Å². The molecule has 1 aromatic carbocycles. The lowest BCUT2D eigenvalue weighted by molar-refractivity contribution is -0.131. The average molecular weight is 385 g/mol. The lowest BCUT2D eigenvalue weighted by Gasteiger charge is -2.21. The summed E-state index contributed by atoms with van der Waals surface area (Å²) in [6.45, 7) is 7.83. The first kappa shape index (κ1) is 19.4. The number of fused-ring (bicyclic) bond motifs is 1. The number of carbonyl (C=O) groups is 1. The van der Waals surface area contributed by atoms with Gasteiger partial charge in [-0.25, -0.2) is 4.98 Å². The van der Waals surface area contributed by atoms with Gasteiger partial charge in [-0.2, -0.15) is 4.98 Å². The number of benzene rings is 1. The lowest BCUT2D eigenvalue weighted by atomic mass is 10.1. The van der Waals surface area contributed by atoms with Crippen molar-refractivity contribution in [3.63, 3.8) is 0 Å². The van der Waals surface area contributed by atoms with Gasteiger partial charge < -0.3 is 9.42 Å². The van der Waals surface area contributed by atoms with Gasteiger partial charge in [-0.05, 0) is 51.5 Å². The number of nitrogens with zero attached hydrogens (tertiary/aromatic N) is 4. The number of carbonyl (C=O) groups excluding carboxylic acids is 1. The fourth-order valence-corrected chi connectivity index (χ4v) is 3.74. The Labute approximate surface area is 163 Å². The molecule has 0 N–H and O–H groups in total. The first-order valence-corrected chi connectivity index (χ1v) is 9.90. The Morgan fingerprint density at radius 3 is 2.70 bits per heavy atom. The van der Waals surface area contributed by atoms with Crippen molar-refractivity contribution < 1.29 is 9.32 Å². The Morgan fingerprint density at radius 2 is 2.00 bits per heavy atom. The van der Waals surface area contributed by atoms with Crippen LogP contribution in [0.4, 0.5) is 0 Å². The Bertz CT molecular complexity index is 970. The third-order valence-electron chi connectivity index (χ3n) is 4.59. The maximum Gasteiger partial charge on any atom is 0.249 e. The highest BCUT2D eigenvalue weighted by molar-refractivity contribution is 7.99. The van der Waals surface area contributed by atoms with Crippen LogP contribution in [0.15, 0.2) is 33.8 Å². The van der Waals surface area contributed by atoms with Crippen molar-refractivity contribution in [1.82, 2.24) is 20.0 Å². The second-order valence-electron chi connectivity index (χ2n) is 6.76. The van der Waals surface area contributed by atoms with Crippen LogP contribution in [-0.2, 0) is 4.79 Å². The van der Waals surface area contributed by atoms with E-state index in [2.05, 4.69) is 48.3 Å². The van der Waals surface area contributed by atoms with Gasteiger partial charge in [-0.3, -0.25) is 4.79 Å². The first-order chi connectivity index (χ1) is 12.8. The predicted molar refractivity (Wildman–Crippen MR) is 107 cm³/mol. The molecule has 7 heteroatoms. The second-order valence-corrected chi connectivity index (χ2v) is 7.87. The van der Waals surface area contributed by atoms with Crippen LogP contribution in [0.25, 0.3) is 10.9 Å². The maximum absolute atomic E-state index is 12.5. The van der Waals surface area contributed by atoms with Crippen molar-refractivity contribution in [2.45, 2.75) is 45.2 Å². The molecule has 142 valence electrons. The summed E-state index contributed by atoms with van der Waals surface area (Å²) in [7, 11) is 1.76. The number of rotatable bonds is 6. The van der Waals surface area contributed by atoms with Gasteiger partial charge in [0.05, 0.1) is 10.5 Å². The molecule has 3 aromatic rings. The van der Waals surface area contributed by atoms with Crippen molar-refractivity contribution >= 4 is 28.6 Å². The number of hydrogen-bond acceptors (Lipinski definition) is 6. The highest BCUT2D eigenvalue weighted by Gasteiger charge is 2.22. The fraction of sp³-hybridized carbons (Fsp3) is 0.400. The normalized spacial score (nSPS) is 12.3. The minimum Gasteiger partial charge on any atom is -0.337 e. The SMILES string of the molecule is Cc1ccc2nc(SCCC(=O)N(C)C(C)c3nc(C)no3)cc(C)c2c1. The molecule has 0 saturated carbocycles. The number of aromatic nitrogens is 3. The third kappa shape index (κ3) is 4.47. The molecule has 27 heavy (non-hydrogen) atoms. The Balaban J connectivity index is 1.59. The van der Waals surface area contributed by atoms with Gasteiger partial charge in [0.25, 0.3) is 0 Å². The van der Waals surface area contributed by atoms with Crippen LogP contribution in [0.1, 0.15) is 42.2 Å². The summed E-state index contributed by atoms with van der Waals surface area (Å²) < 4.78 is 5.16. The van der Waals surface area contributed by atoms with E-state index in [9.17, 15) is 4.79 Å². The highest BCUT2D eigenvalue weighted by Crippen LogP contribution is 2.25. The number of pyridine rings is 1. The zero-order chi connectivity index (χ0) is 19.6. The molecule has 0 spiro atoms. The standard InChI is InChI=1S/C20H24N4O2S/c1-12-6-7-17-16(10-12)13(2)11-18(22-17)27-9-8-19(25)24(5)14(3)20-21-15(4)23-26-20/h6-7,10-11,14H,8-9H2,1-5H3. The summed E-state index contributed by atoms with van der Waals surface area (Å²) >= 11 is 1.60. The second kappa shape index (κ2) is 8.08. The molecule has 6 nitrogen and oxygen atoms in total. The molecule has 3 rings (SSSR count). The summed E-state index contributed by atoms with van der Waals surface area (Å²) in [4.78, 5) is 23.0. The largest absolute Gasteiger partial charge is 0.337 e. The highest BCUT2D eigenvalue weighted by atomic mass is 32.2. The van der Waals surface area contributed by atoms with Crippen LogP contribution in [0.2, 0.25) is 0 Å². The van der Waals surface area contributed by atoms with Crippen molar-refractivity contribution in [3.05, 3.63) is 47.1 Å². The minimum absolute atomic E-state index is 0.0407. The first-order valence-electron chi connectivity index (χ1n) is 8.92. The van der Waals surface area contributed by atoms with E-state index in [1.807, 2.05) is 6.92 Å². The van der Waals surface area contributed by atoms with Crippen molar-refractivity contribution in [2.24, 2.45) is 0 Å². The number of hydrogen-bond donors (Lipinski definition) is 0. The topological polar surface area (TPSA) is 72.1 Å². The molecule has 0 fully saturated rings. The molecule has 2 aromatic heterocycles. The van der Waals surface area contributed by atoms with Crippen LogP contribution < -0.4 is 0 Å². The van der Waals surface area contributed by atoms with Crippen molar-refractivity contribution in [2.75, 3.05) is 12.8 Å². The van der Waals surface area contributed by atoms with Gasteiger partial charge in [0.15, 0.2) is 5.82 Å². The van der Waals surface area contributed by atoms with Gasteiger partial charge in [0, 0.05) is 24.6 Å². The zero-order valence-electron chi connectivity index (χ0n) is 16.3. The van der Waals surface area contributed by atoms with E-state index in [0.29, 0.717) is 23.9 Å². The van der Waals surface area contributed by atoms with E-state index in [1.165, 1.54) is 16.5 Å². The number of aryl methyl sites for hydroxylation is 3. The predicted octanol–water partition coefficient (Wildman–Crippen LogP) is 4.24. The molecule has 1 amide bonds. The maximum atomic E-state index is 12.5. The Morgan fingerprint density at radius 1 is 1.22 bits per heavy atom. The van der Waals surface area contributed by atoms with E-state index in [4.69, 9.17) is 9.51 Å². The molecule has 1 unspecified atom stereocenters. The van der Waals surface area contributed by atoms with E-state index < -0.39 is 0 Å². The third-order valence-corrected chi connectivity index (χ3v) is 5.50. The van der Waals surface area contributed by atoms with Gasteiger partial charge in [0.2, 0.25) is 11.8 Å². The van der Waals surface area contributed by atoms with E-state index in [1.54, 1.807) is 30.6 Å². The molecule has 0 aliphatic carbocycles. The van der Waals surface area contributed by atoms with Gasteiger partial charge in [-0.1, -0.05) is 16.8 Å². The molecular weight excluding hydrogens is 360 g/mol. The number of thioether (sulfide) groups is 1. The summed E-state index contributed by atoms with van der Waals surface area (Å²) in [6, 6.07) is 8.13.